The Morgan fingerprint density at radius 1 is 0.917 bits per heavy atom. The number of aromatic nitrogens is 3. The van der Waals surface area contributed by atoms with Crippen molar-refractivity contribution in [2.45, 2.75) is 70.3 Å². The van der Waals surface area contributed by atoms with E-state index in [4.69, 9.17) is 4.98 Å². The Bertz CT molecular complexity index is 1050. The van der Waals surface area contributed by atoms with E-state index in [1.165, 1.54) is 71.0 Å². The molecular weight excluding hydrogens is 450 g/mol. The predicted octanol–water partition coefficient (Wildman–Crippen LogP) is 3.42. The zero-order valence-electron chi connectivity index (χ0n) is 22.1. The number of rotatable bonds is 6. The van der Waals surface area contributed by atoms with Crippen LogP contribution >= 0.6 is 0 Å². The summed E-state index contributed by atoms with van der Waals surface area (Å²) in [5.74, 6) is 0.939. The van der Waals surface area contributed by atoms with Gasteiger partial charge in [-0.2, -0.15) is 5.10 Å². The number of piperidine rings is 2. The van der Waals surface area contributed by atoms with Gasteiger partial charge in [-0.3, -0.25) is 4.79 Å². The fourth-order valence-electron chi connectivity index (χ4n) is 6.53. The predicted molar refractivity (Wildman–Crippen MR) is 143 cm³/mol. The van der Waals surface area contributed by atoms with Crippen molar-refractivity contribution >= 4 is 22.8 Å². The number of anilines is 1. The molecule has 36 heavy (non-hydrogen) atoms. The second-order valence-corrected chi connectivity index (χ2v) is 11.8. The molecule has 2 aromatic rings. The molecule has 1 amide bonds. The van der Waals surface area contributed by atoms with Crippen LogP contribution in [0.5, 0.6) is 0 Å². The number of pyridine rings is 1. The van der Waals surface area contributed by atoms with Crippen LogP contribution in [0.15, 0.2) is 12.1 Å². The Balaban J connectivity index is 1.01. The summed E-state index contributed by atoms with van der Waals surface area (Å²) in [5.41, 5.74) is 2.06. The van der Waals surface area contributed by atoms with Gasteiger partial charge < -0.3 is 20.0 Å². The number of carbonyl (C=O) groups excluding carboxylic acids is 1. The van der Waals surface area contributed by atoms with Crippen LogP contribution in [-0.2, 0) is 7.05 Å². The van der Waals surface area contributed by atoms with E-state index in [1.807, 2.05) is 13.1 Å². The third-order valence-corrected chi connectivity index (χ3v) is 9.35. The van der Waals surface area contributed by atoms with Crippen LogP contribution < -0.4 is 10.2 Å². The first kappa shape index (κ1) is 24.2. The van der Waals surface area contributed by atoms with Gasteiger partial charge in [0, 0.05) is 52.4 Å². The van der Waals surface area contributed by atoms with Gasteiger partial charge in [0.1, 0.15) is 5.82 Å². The van der Waals surface area contributed by atoms with Gasteiger partial charge in [0.2, 0.25) is 0 Å². The van der Waals surface area contributed by atoms with Crippen LogP contribution in [0.4, 0.5) is 5.82 Å². The molecule has 0 atom stereocenters. The topological polar surface area (TPSA) is 69.5 Å². The first-order valence-corrected chi connectivity index (χ1v) is 14.4. The van der Waals surface area contributed by atoms with Crippen LogP contribution in [0.1, 0.15) is 74.7 Å². The highest BCUT2D eigenvalue weighted by atomic mass is 16.2. The summed E-state index contributed by atoms with van der Waals surface area (Å²) < 4.78 is 1.76. The van der Waals surface area contributed by atoms with E-state index in [1.54, 1.807) is 4.68 Å². The molecule has 3 saturated heterocycles. The highest BCUT2D eigenvalue weighted by molar-refractivity contribution is 6.04. The highest BCUT2D eigenvalue weighted by Gasteiger charge is 2.44. The van der Waals surface area contributed by atoms with Crippen molar-refractivity contribution in [3.63, 3.8) is 0 Å². The minimum Gasteiger partial charge on any atom is -0.357 e. The van der Waals surface area contributed by atoms with Crippen LogP contribution in [0, 0.1) is 5.41 Å². The van der Waals surface area contributed by atoms with Crippen molar-refractivity contribution in [1.29, 1.82) is 0 Å². The summed E-state index contributed by atoms with van der Waals surface area (Å²) in [6, 6.07) is 4.33. The number of nitrogens with one attached hydrogen (secondary N) is 1. The molecule has 0 unspecified atom stereocenters. The summed E-state index contributed by atoms with van der Waals surface area (Å²) in [4.78, 5) is 25.7. The van der Waals surface area contributed by atoms with Crippen molar-refractivity contribution in [2.24, 2.45) is 12.5 Å². The van der Waals surface area contributed by atoms with Gasteiger partial charge in [0.25, 0.3) is 5.91 Å². The van der Waals surface area contributed by atoms with E-state index in [-0.39, 0.29) is 11.9 Å². The number of hydrogen-bond acceptors (Lipinski definition) is 6. The minimum atomic E-state index is -0.0642. The van der Waals surface area contributed by atoms with E-state index >= 15 is 0 Å². The average molecular weight is 494 g/mol. The van der Waals surface area contributed by atoms with E-state index in [0.29, 0.717) is 5.69 Å². The minimum absolute atomic E-state index is 0.0642. The lowest BCUT2D eigenvalue weighted by molar-refractivity contribution is 0.0897. The van der Waals surface area contributed by atoms with E-state index < -0.39 is 0 Å². The van der Waals surface area contributed by atoms with Crippen molar-refractivity contribution < 1.29 is 4.79 Å². The molecule has 0 aromatic carbocycles. The lowest BCUT2D eigenvalue weighted by Gasteiger charge is -2.36. The number of hydrogen-bond donors (Lipinski definition) is 1. The Morgan fingerprint density at radius 3 is 2.25 bits per heavy atom. The first-order valence-electron chi connectivity index (χ1n) is 14.4. The van der Waals surface area contributed by atoms with Crippen molar-refractivity contribution in [3.05, 3.63) is 17.8 Å². The lowest BCUT2D eigenvalue weighted by Crippen LogP contribution is -2.47. The maximum Gasteiger partial charge on any atom is 0.272 e. The summed E-state index contributed by atoms with van der Waals surface area (Å²) in [6.07, 6.45) is 12.8. The standard InChI is InChI=1S/C28H43N7O/c1-32-26-23(6-7-24(30-26)35-14-4-2-3-5-15-35)25(31-32)27(36)29-22-8-16-33(17-9-22)20-21-34-18-12-28(10-11-28)13-19-34/h6-7,22H,2-5,8-21H2,1H3,(H,29,36). The van der Waals surface area contributed by atoms with Crippen LogP contribution in [0.2, 0.25) is 0 Å². The summed E-state index contributed by atoms with van der Waals surface area (Å²) in [5, 5.41) is 8.70. The summed E-state index contributed by atoms with van der Waals surface area (Å²) in [6.45, 7) is 9.17. The molecule has 0 radical (unpaired) electrons. The van der Waals surface area contributed by atoms with Gasteiger partial charge in [-0.1, -0.05) is 12.8 Å². The van der Waals surface area contributed by atoms with Gasteiger partial charge in [-0.25, -0.2) is 9.67 Å². The number of amides is 1. The Kier molecular flexibility index (Phi) is 6.90. The molecule has 196 valence electrons. The fraction of sp³-hybridized carbons (Fsp3) is 0.750. The van der Waals surface area contributed by atoms with Crippen LogP contribution in [-0.4, -0.2) is 88.9 Å². The zero-order chi connectivity index (χ0) is 24.5. The third-order valence-electron chi connectivity index (χ3n) is 9.35. The van der Waals surface area contributed by atoms with Gasteiger partial charge >= 0.3 is 0 Å². The molecule has 3 aliphatic heterocycles. The summed E-state index contributed by atoms with van der Waals surface area (Å²) in [7, 11) is 1.89. The molecule has 0 bridgehead atoms. The molecule has 4 aliphatic rings. The van der Waals surface area contributed by atoms with Crippen molar-refractivity contribution in [1.82, 2.24) is 29.9 Å². The lowest BCUT2D eigenvalue weighted by atomic mass is 9.94. The molecule has 2 aromatic heterocycles. The highest BCUT2D eigenvalue weighted by Crippen LogP contribution is 2.53. The molecule has 1 aliphatic carbocycles. The fourth-order valence-corrected chi connectivity index (χ4v) is 6.53. The van der Waals surface area contributed by atoms with Crippen LogP contribution in [0.3, 0.4) is 0 Å². The van der Waals surface area contributed by atoms with Gasteiger partial charge in [0.05, 0.1) is 5.39 Å². The molecule has 1 N–H and O–H groups in total. The Labute approximate surface area is 215 Å². The summed E-state index contributed by atoms with van der Waals surface area (Å²) >= 11 is 0. The third kappa shape index (κ3) is 5.25. The molecular formula is C28H43N7O. The molecule has 5 heterocycles. The van der Waals surface area contributed by atoms with Crippen molar-refractivity contribution in [3.8, 4) is 0 Å². The molecule has 1 saturated carbocycles. The molecule has 8 nitrogen and oxygen atoms in total. The Hall–Kier alpha value is -2.19. The monoisotopic (exact) mass is 493 g/mol. The number of likely N-dealkylation sites (tertiary alicyclic amines) is 2. The number of carbonyl (C=O) groups is 1. The maximum absolute atomic E-state index is 13.2. The van der Waals surface area contributed by atoms with Gasteiger partial charge in [-0.15, -0.1) is 0 Å². The average Bonchev–Trinajstić information content (AvgIpc) is 3.65. The normalized spacial score (nSPS) is 23.8. The maximum atomic E-state index is 13.2. The molecule has 8 heteroatoms. The second kappa shape index (κ2) is 10.3. The molecule has 4 fully saturated rings. The van der Waals surface area contributed by atoms with E-state index in [2.05, 4.69) is 31.2 Å². The SMILES string of the molecule is Cn1nc(C(=O)NC2CCN(CCN3CCC4(CC3)CC4)CC2)c2ccc(N3CCCCCC3)nc21. The number of aryl methyl sites for hydroxylation is 1. The molecule has 6 rings (SSSR count). The smallest absolute Gasteiger partial charge is 0.272 e. The quantitative estimate of drug-likeness (QED) is 0.665. The van der Waals surface area contributed by atoms with Gasteiger partial charge in [-0.05, 0) is 82.0 Å². The van der Waals surface area contributed by atoms with E-state index in [0.717, 1.165) is 67.8 Å². The van der Waals surface area contributed by atoms with Gasteiger partial charge in [0.15, 0.2) is 11.3 Å². The zero-order valence-corrected chi connectivity index (χ0v) is 22.1. The number of nitrogens with zero attached hydrogens (tertiary/aromatic N) is 6. The second-order valence-electron chi connectivity index (χ2n) is 11.8. The first-order chi connectivity index (χ1) is 17.6. The van der Waals surface area contributed by atoms with E-state index in [9.17, 15) is 4.79 Å². The van der Waals surface area contributed by atoms with Crippen LogP contribution in [0.25, 0.3) is 11.0 Å². The Morgan fingerprint density at radius 2 is 1.58 bits per heavy atom. The number of fused-ring (bicyclic) bond motifs is 1. The van der Waals surface area contributed by atoms with Crippen molar-refractivity contribution in [2.75, 3.05) is 57.3 Å². The largest absolute Gasteiger partial charge is 0.357 e. The molecule has 1 spiro atoms.